The number of carbonyl (C=O) groups excluding carboxylic acids is 2. The first-order valence-corrected chi connectivity index (χ1v) is 19.0. The van der Waals surface area contributed by atoms with E-state index >= 15 is 0 Å². The van der Waals surface area contributed by atoms with E-state index in [1.54, 1.807) is 30.3 Å². The van der Waals surface area contributed by atoms with E-state index in [-0.39, 0.29) is 38.8 Å². The van der Waals surface area contributed by atoms with Crippen LogP contribution in [0.2, 0.25) is 0 Å². The predicted molar refractivity (Wildman–Crippen MR) is 187 cm³/mol. The lowest BCUT2D eigenvalue weighted by molar-refractivity contribution is 0.0974. The topological polar surface area (TPSA) is 259 Å². The molecule has 0 heterocycles. The average Bonchev–Trinajstić information content (AvgIpc) is 3.09. The van der Waals surface area contributed by atoms with Crippen LogP contribution in [0.25, 0.3) is 15.7 Å². The van der Waals surface area contributed by atoms with E-state index < -0.39 is 62.8 Å². The minimum absolute atomic E-state index is 0.0580. The van der Waals surface area contributed by atoms with Crippen molar-refractivity contribution in [3.05, 3.63) is 126 Å². The molecule has 1 aliphatic carbocycles. The smallest absolute Gasteiger partial charge is 0.295 e. The zero-order valence-corrected chi connectivity index (χ0v) is 28.5. The van der Waals surface area contributed by atoms with Gasteiger partial charge in [-0.3, -0.25) is 23.2 Å². The van der Waals surface area contributed by atoms with Gasteiger partial charge < -0.3 is 5.32 Å². The molecule has 0 saturated heterocycles. The Kier molecular flexibility index (Phi) is 9.49. The molecule has 1 atom stereocenters. The number of nitrogens with one attached hydrogen (secondary N) is 1. The summed E-state index contributed by atoms with van der Waals surface area (Å²) in [6.45, 7) is 0. The number of ketones is 1. The van der Waals surface area contributed by atoms with Crippen molar-refractivity contribution in [2.24, 2.45) is 20.5 Å². The van der Waals surface area contributed by atoms with Crippen LogP contribution in [0.5, 0.6) is 0 Å². The minimum Gasteiger partial charge on any atom is -0.322 e. The first-order valence-electron chi connectivity index (χ1n) is 14.7. The van der Waals surface area contributed by atoms with Crippen LogP contribution in [0.4, 0.5) is 22.7 Å². The third-order valence-electron chi connectivity index (χ3n) is 7.60. The van der Waals surface area contributed by atoms with Crippen molar-refractivity contribution in [3.63, 3.8) is 0 Å². The molecular formula is C33H23N5O11S3. The second-order valence-corrected chi connectivity index (χ2v) is 15.3. The highest BCUT2D eigenvalue weighted by Gasteiger charge is 2.32. The first kappa shape index (κ1) is 36.0. The Labute approximate surface area is 295 Å². The third kappa shape index (κ3) is 7.89. The lowest BCUT2D eigenvalue weighted by Crippen LogP contribution is -2.24. The number of amides is 1. The molecule has 4 N–H and O–H groups in total. The molecule has 0 aliphatic heterocycles. The molecule has 5 aromatic rings. The number of nitrogens with zero attached hydrogens (tertiary/aromatic N) is 4. The van der Waals surface area contributed by atoms with Gasteiger partial charge in [-0.15, -0.1) is 0 Å². The van der Waals surface area contributed by atoms with Gasteiger partial charge in [-0.2, -0.15) is 45.7 Å². The fourth-order valence-electron chi connectivity index (χ4n) is 5.14. The van der Waals surface area contributed by atoms with Gasteiger partial charge in [0.05, 0.1) is 22.0 Å². The molecule has 5 aromatic carbocycles. The van der Waals surface area contributed by atoms with Crippen molar-refractivity contribution in [1.29, 1.82) is 0 Å². The van der Waals surface area contributed by atoms with Crippen LogP contribution in [0.1, 0.15) is 26.3 Å². The number of fused-ring (bicyclic) bond motifs is 2. The molecule has 0 aromatic heterocycles. The Balaban J connectivity index is 1.12. The van der Waals surface area contributed by atoms with E-state index in [4.69, 9.17) is 0 Å². The molecule has 19 heteroatoms. The molecule has 264 valence electrons. The van der Waals surface area contributed by atoms with Crippen molar-refractivity contribution in [2.75, 3.05) is 5.32 Å². The van der Waals surface area contributed by atoms with Crippen LogP contribution in [0.3, 0.4) is 0 Å². The van der Waals surface area contributed by atoms with Crippen molar-refractivity contribution < 1.29 is 48.5 Å². The Bertz CT molecular complexity index is 2710. The Morgan fingerprint density at radius 2 is 1.23 bits per heavy atom. The molecule has 1 amide bonds. The van der Waals surface area contributed by atoms with Crippen molar-refractivity contribution >= 4 is 80.5 Å². The zero-order chi connectivity index (χ0) is 37.4. The Hall–Kier alpha value is -5.83. The molecular weight excluding hydrogens is 739 g/mol. The average molecular weight is 762 g/mol. The number of azo groups is 2. The monoisotopic (exact) mass is 761 g/mol. The normalized spacial score (nSPS) is 15.2. The third-order valence-corrected chi connectivity index (χ3v) is 10.2. The summed E-state index contributed by atoms with van der Waals surface area (Å²) in [6.07, 6.45) is 1.02. The molecule has 0 bridgehead atoms. The summed E-state index contributed by atoms with van der Waals surface area (Å²) in [5.41, 5.74) is 1.58. The van der Waals surface area contributed by atoms with E-state index in [0.29, 0.717) is 17.4 Å². The number of carbonyl (C=O) groups is 2. The fraction of sp³-hybridized carbons (Fsp3) is 0.0303. The number of rotatable bonds is 9. The zero-order valence-electron chi connectivity index (χ0n) is 26.1. The second-order valence-electron chi connectivity index (χ2n) is 11.1. The summed E-state index contributed by atoms with van der Waals surface area (Å²) >= 11 is 0. The van der Waals surface area contributed by atoms with Crippen LogP contribution in [0, 0.1) is 0 Å². The predicted octanol–water partition coefficient (Wildman–Crippen LogP) is 6.58. The summed E-state index contributed by atoms with van der Waals surface area (Å²) < 4.78 is 99.5. The quantitative estimate of drug-likeness (QED) is 0.0921. The van der Waals surface area contributed by atoms with Gasteiger partial charge in [-0.1, -0.05) is 30.3 Å². The van der Waals surface area contributed by atoms with Crippen molar-refractivity contribution in [3.8, 4) is 0 Å². The van der Waals surface area contributed by atoms with Gasteiger partial charge in [-0.05, 0) is 84.3 Å². The van der Waals surface area contributed by atoms with Gasteiger partial charge in [0, 0.05) is 27.8 Å². The van der Waals surface area contributed by atoms with E-state index in [9.17, 15) is 48.5 Å². The largest absolute Gasteiger partial charge is 0.322 e. The van der Waals surface area contributed by atoms with Gasteiger partial charge in [-0.25, -0.2) is 0 Å². The summed E-state index contributed by atoms with van der Waals surface area (Å²) in [7, 11) is -14.3. The number of hydrogen-bond acceptors (Lipinski definition) is 12. The first-order chi connectivity index (χ1) is 24.5. The summed E-state index contributed by atoms with van der Waals surface area (Å²) in [6, 6.07) is 22.4. The van der Waals surface area contributed by atoms with Crippen LogP contribution in [0.15, 0.2) is 139 Å². The van der Waals surface area contributed by atoms with E-state index in [1.165, 1.54) is 60.7 Å². The highest BCUT2D eigenvalue weighted by atomic mass is 32.2. The van der Waals surface area contributed by atoms with Crippen molar-refractivity contribution in [1.82, 2.24) is 0 Å². The molecule has 0 radical (unpaired) electrons. The van der Waals surface area contributed by atoms with Gasteiger partial charge in [0.2, 0.25) is 0 Å². The number of hydrogen-bond donors (Lipinski definition) is 4. The second kappa shape index (κ2) is 13.7. The Morgan fingerprint density at radius 3 is 1.87 bits per heavy atom. The van der Waals surface area contributed by atoms with Crippen LogP contribution in [-0.4, -0.2) is 56.6 Å². The van der Waals surface area contributed by atoms with Crippen LogP contribution < -0.4 is 5.32 Å². The van der Waals surface area contributed by atoms with E-state index in [0.717, 1.165) is 12.1 Å². The molecule has 6 rings (SSSR count). The molecule has 52 heavy (non-hydrogen) atoms. The van der Waals surface area contributed by atoms with E-state index in [2.05, 4.69) is 25.8 Å². The maximum atomic E-state index is 12.9. The molecule has 1 aliphatic rings. The Morgan fingerprint density at radius 1 is 0.635 bits per heavy atom. The van der Waals surface area contributed by atoms with Crippen LogP contribution in [-0.2, 0) is 30.4 Å². The SMILES string of the molecule is O=C(Nc1ccc(N=Nc2ccc3cc(S(=O)(=O)O)cc(S(=O)(=O)O)c3c2)cc1)c1ccc(N=NC2C=C(S(=O)(=O)O)c3ccccc3C2=O)cc1. The number of Topliss-reactive ketones (excluding diaryl/α,β-unsaturated/α-hetero) is 1. The highest BCUT2D eigenvalue weighted by molar-refractivity contribution is 7.95. The molecule has 0 saturated carbocycles. The summed E-state index contributed by atoms with van der Waals surface area (Å²) in [5, 5.41) is 18.9. The fourth-order valence-corrected chi connectivity index (χ4v) is 7.24. The number of anilines is 1. The highest BCUT2D eigenvalue weighted by Crippen LogP contribution is 2.33. The summed E-state index contributed by atoms with van der Waals surface area (Å²) in [4.78, 5) is 23.8. The summed E-state index contributed by atoms with van der Waals surface area (Å²) in [5.74, 6) is -0.974. The molecule has 0 fully saturated rings. The lowest BCUT2D eigenvalue weighted by Gasteiger charge is -2.18. The van der Waals surface area contributed by atoms with Gasteiger partial charge >= 0.3 is 0 Å². The standard InChI is InChI=1S/C33H23N5O11S3/c39-32-27-4-2-1-3-26(27)31(52(47,48)49)18-29(32)38-36-22-8-5-19(6-9-22)33(40)34-21-11-13-23(14-12-21)35-37-24-10-7-20-15-25(50(41,42)43)17-30(28(20)16-24)51(44,45)46/h1-18,29H,(H,34,40)(H,41,42,43)(H,44,45,46)(H,47,48,49). The van der Waals surface area contributed by atoms with Gasteiger partial charge in [0.15, 0.2) is 11.8 Å². The lowest BCUT2D eigenvalue weighted by atomic mass is 9.93. The minimum atomic E-state index is -4.88. The molecule has 0 spiro atoms. The maximum absolute atomic E-state index is 12.9. The molecule has 1 unspecified atom stereocenters. The van der Waals surface area contributed by atoms with Crippen LogP contribution >= 0.6 is 0 Å². The van der Waals surface area contributed by atoms with E-state index in [1.807, 2.05) is 0 Å². The number of benzene rings is 5. The van der Waals surface area contributed by atoms with Gasteiger partial charge in [0.1, 0.15) is 9.80 Å². The molecule has 16 nitrogen and oxygen atoms in total. The van der Waals surface area contributed by atoms with Gasteiger partial charge in [0.25, 0.3) is 36.3 Å². The maximum Gasteiger partial charge on any atom is 0.295 e. The van der Waals surface area contributed by atoms with Crippen molar-refractivity contribution in [2.45, 2.75) is 15.8 Å².